The van der Waals surface area contributed by atoms with Crippen molar-refractivity contribution in [2.24, 2.45) is 0 Å². The zero-order chi connectivity index (χ0) is 24.5. The predicted molar refractivity (Wildman–Crippen MR) is 134 cm³/mol. The van der Waals surface area contributed by atoms with Crippen molar-refractivity contribution in [1.82, 2.24) is 0 Å². The van der Waals surface area contributed by atoms with Crippen molar-refractivity contribution in [2.75, 3.05) is 0 Å². The summed E-state index contributed by atoms with van der Waals surface area (Å²) in [5, 5.41) is 0. The SMILES string of the molecule is CCCCCCCCC(=O)Oc1cccc(OC(C)(C)C)c1OC(=O)CCCCCCCC. The Kier molecular flexibility index (Phi) is 14.5. The van der Waals surface area contributed by atoms with Crippen LogP contribution in [0.2, 0.25) is 0 Å². The number of hydrogen-bond donors (Lipinski definition) is 0. The van der Waals surface area contributed by atoms with Gasteiger partial charge < -0.3 is 14.2 Å². The normalized spacial score (nSPS) is 11.3. The lowest BCUT2D eigenvalue weighted by Gasteiger charge is -2.23. The number of carbonyl (C=O) groups is 2. The van der Waals surface area contributed by atoms with Gasteiger partial charge in [0.1, 0.15) is 5.60 Å². The number of ether oxygens (including phenoxy) is 3. The molecule has 0 aliphatic carbocycles. The van der Waals surface area contributed by atoms with Crippen molar-refractivity contribution < 1.29 is 23.8 Å². The van der Waals surface area contributed by atoms with Crippen LogP contribution in [0.5, 0.6) is 17.2 Å². The second-order valence-electron chi connectivity index (χ2n) is 9.78. The number of para-hydroxylation sites is 1. The summed E-state index contributed by atoms with van der Waals surface area (Å²) in [5.41, 5.74) is -0.485. The van der Waals surface area contributed by atoms with Crippen LogP contribution in [-0.4, -0.2) is 17.5 Å². The highest BCUT2D eigenvalue weighted by molar-refractivity contribution is 5.77. The Morgan fingerprint density at radius 2 is 1.12 bits per heavy atom. The van der Waals surface area contributed by atoms with Gasteiger partial charge in [0.15, 0.2) is 11.5 Å². The maximum atomic E-state index is 12.5. The summed E-state index contributed by atoms with van der Waals surface area (Å²) in [5.74, 6) is 0.197. The van der Waals surface area contributed by atoms with E-state index in [-0.39, 0.29) is 23.4 Å². The molecule has 0 fully saturated rings. The average Bonchev–Trinajstić information content (AvgIpc) is 2.74. The van der Waals surface area contributed by atoms with E-state index in [1.54, 1.807) is 18.2 Å². The molecule has 0 unspecified atom stereocenters. The third kappa shape index (κ3) is 14.0. The highest BCUT2D eigenvalue weighted by Gasteiger charge is 2.22. The van der Waals surface area contributed by atoms with E-state index < -0.39 is 5.60 Å². The minimum Gasteiger partial charge on any atom is -0.484 e. The molecule has 5 nitrogen and oxygen atoms in total. The molecule has 1 rings (SSSR count). The number of carbonyl (C=O) groups excluding carboxylic acids is 2. The lowest BCUT2D eigenvalue weighted by atomic mass is 10.1. The highest BCUT2D eigenvalue weighted by Crippen LogP contribution is 2.39. The maximum absolute atomic E-state index is 12.5. The second kappa shape index (κ2) is 16.6. The first-order chi connectivity index (χ1) is 15.8. The van der Waals surface area contributed by atoms with Crippen LogP contribution in [0, 0.1) is 0 Å². The fourth-order valence-corrected chi connectivity index (χ4v) is 3.52. The first-order valence-electron chi connectivity index (χ1n) is 13.0. The van der Waals surface area contributed by atoms with Crippen molar-refractivity contribution in [3.05, 3.63) is 18.2 Å². The predicted octanol–water partition coefficient (Wildman–Crippen LogP) is 8.18. The van der Waals surface area contributed by atoms with E-state index in [4.69, 9.17) is 14.2 Å². The zero-order valence-electron chi connectivity index (χ0n) is 21.7. The van der Waals surface area contributed by atoms with Gasteiger partial charge in [-0.05, 0) is 45.7 Å². The molecule has 0 heterocycles. The molecule has 0 N–H and O–H groups in total. The van der Waals surface area contributed by atoms with Gasteiger partial charge in [-0.2, -0.15) is 0 Å². The van der Waals surface area contributed by atoms with Gasteiger partial charge in [0.25, 0.3) is 0 Å². The Morgan fingerprint density at radius 3 is 1.64 bits per heavy atom. The van der Waals surface area contributed by atoms with Crippen molar-refractivity contribution in [3.8, 4) is 17.2 Å². The monoisotopic (exact) mass is 462 g/mol. The smallest absolute Gasteiger partial charge is 0.311 e. The van der Waals surface area contributed by atoms with Crippen LogP contribution in [-0.2, 0) is 9.59 Å². The van der Waals surface area contributed by atoms with Gasteiger partial charge in [-0.1, -0.05) is 84.1 Å². The Balaban J connectivity index is 2.73. The van der Waals surface area contributed by atoms with Crippen LogP contribution < -0.4 is 14.2 Å². The van der Waals surface area contributed by atoms with Crippen LogP contribution in [0.1, 0.15) is 125 Å². The van der Waals surface area contributed by atoms with Crippen LogP contribution in [0.15, 0.2) is 18.2 Å². The van der Waals surface area contributed by atoms with Crippen LogP contribution >= 0.6 is 0 Å². The molecule has 0 aliphatic rings. The Hall–Kier alpha value is -2.04. The molecule has 0 amide bonds. The molecule has 0 aromatic heterocycles. The van der Waals surface area contributed by atoms with Gasteiger partial charge in [-0.3, -0.25) is 9.59 Å². The molecule has 0 saturated carbocycles. The van der Waals surface area contributed by atoms with E-state index in [0.717, 1.165) is 38.5 Å². The van der Waals surface area contributed by atoms with Crippen molar-refractivity contribution in [3.63, 3.8) is 0 Å². The Morgan fingerprint density at radius 1 is 0.667 bits per heavy atom. The fraction of sp³-hybridized carbons (Fsp3) is 0.714. The van der Waals surface area contributed by atoms with Gasteiger partial charge >= 0.3 is 11.9 Å². The van der Waals surface area contributed by atoms with Gasteiger partial charge in [-0.15, -0.1) is 0 Å². The van der Waals surface area contributed by atoms with E-state index in [2.05, 4.69) is 13.8 Å². The second-order valence-corrected chi connectivity index (χ2v) is 9.78. The molecule has 0 radical (unpaired) electrons. The van der Waals surface area contributed by atoms with E-state index in [1.807, 2.05) is 20.8 Å². The van der Waals surface area contributed by atoms with E-state index in [0.29, 0.717) is 18.6 Å². The summed E-state index contributed by atoms with van der Waals surface area (Å²) in [6.07, 6.45) is 13.8. The summed E-state index contributed by atoms with van der Waals surface area (Å²) in [4.78, 5) is 25.0. The third-order valence-corrected chi connectivity index (χ3v) is 5.27. The van der Waals surface area contributed by atoms with Crippen LogP contribution in [0.4, 0.5) is 0 Å². The number of unbranched alkanes of at least 4 members (excludes halogenated alkanes) is 10. The molecule has 1 aromatic carbocycles. The molecule has 1 aromatic rings. The summed E-state index contributed by atoms with van der Waals surface area (Å²) in [6, 6.07) is 5.14. The molecule has 0 atom stereocenters. The summed E-state index contributed by atoms with van der Waals surface area (Å²) >= 11 is 0. The summed E-state index contributed by atoms with van der Waals surface area (Å²) in [6.45, 7) is 10.1. The standard InChI is InChI=1S/C28H46O5/c1-6-8-10-12-14-16-21-25(29)31-23-19-18-20-24(33-28(3,4)5)27(23)32-26(30)22-17-15-13-11-9-7-2/h18-20H,6-17,21-22H2,1-5H3. The molecule has 0 aliphatic heterocycles. The first kappa shape index (κ1) is 29.0. The zero-order valence-corrected chi connectivity index (χ0v) is 21.7. The Bertz CT molecular complexity index is 690. The van der Waals surface area contributed by atoms with E-state index >= 15 is 0 Å². The summed E-state index contributed by atoms with van der Waals surface area (Å²) in [7, 11) is 0. The molecule has 188 valence electrons. The molecule has 33 heavy (non-hydrogen) atoms. The highest BCUT2D eigenvalue weighted by atomic mass is 16.6. The fourth-order valence-electron chi connectivity index (χ4n) is 3.52. The summed E-state index contributed by atoms with van der Waals surface area (Å²) < 4.78 is 17.3. The lowest BCUT2D eigenvalue weighted by molar-refractivity contribution is -0.137. The Labute approximate surface area is 201 Å². The molecule has 0 bridgehead atoms. The molecule has 5 heteroatoms. The average molecular weight is 463 g/mol. The number of benzene rings is 1. The van der Waals surface area contributed by atoms with Crippen molar-refractivity contribution >= 4 is 11.9 Å². The van der Waals surface area contributed by atoms with Gasteiger partial charge in [0.05, 0.1) is 0 Å². The van der Waals surface area contributed by atoms with Crippen LogP contribution in [0.3, 0.4) is 0 Å². The topological polar surface area (TPSA) is 61.8 Å². The molecular weight excluding hydrogens is 416 g/mol. The minimum absolute atomic E-state index is 0.194. The van der Waals surface area contributed by atoms with Crippen molar-refractivity contribution in [2.45, 2.75) is 130 Å². The number of hydrogen-bond acceptors (Lipinski definition) is 5. The maximum Gasteiger partial charge on any atom is 0.311 e. The number of esters is 2. The largest absolute Gasteiger partial charge is 0.484 e. The van der Waals surface area contributed by atoms with E-state index in [9.17, 15) is 9.59 Å². The van der Waals surface area contributed by atoms with Gasteiger partial charge in [0, 0.05) is 12.8 Å². The third-order valence-electron chi connectivity index (χ3n) is 5.27. The van der Waals surface area contributed by atoms with Crippen molar-refractivity contribution in [1.29, 1.82) is 0 Å². The van der Waals surface area contributed by atoms with Gasteiger partial charge in [0.2, 0.25) is 5.75 Å². The van der Waals surface area contributed by atoms with Gasteiger partial charge in [-0.25, -0.2) is 0 Å². The molecular formula is C28H46O5. The quantitative estimate of drug-likeness (QED) is 0.133. The molecule has 0 saturated heterocycles. The minimum atomic E-state index is -0.485. The number of rotatable bonds is 17. The van der Waals surface area contributed by atoms with E-state index in [1.165, 1.54) is 38.5 Å². The lowest BCUT2D eigenvalue weighted by Crippen LogP contribution is -2.24. The first-order valence-corrected chi connectivity index (χ1v) is 13.0. The van der Waals surface area contributed by atoms with Crippen LogP contribution in [0.25, 0.3) is 0 Å². The molecule has 0 spiro atoms.